The van der Waals surface area contributed by atoms with Gasteiger partial charge in [-0.2, -0.15) is 0 Å². The van der Waals surface area contributed by atoms with E-state index in [2.05, 4.69) is 5.32 Å². The van der Waals surface area contributed by atoms with Crippen LogP contribution in [-0.4, -0.2) is 50.5 Å². The zero-order valence-corrected chi connectivity index (χ0v) is 24.1. The van der Waals surface area contributed by atoms with Crippen LogP contribution in [0.15, 0.2) is 36.4 Å². The summed E-state index contributed by atoms with van der Waals surface area (Å²) in [5.74, 6) is -0.956. The summed E-state index contributed by atoms with van der Waals surface area (Å²) in [5.41, 5.74) is 0.617. The Morgan fingerprint density at radius 3 is 2.14 bits per heavy atom. The Kier molecular flexibility index (Phi) is 11.6. The number of hydrogen-bond donors (Lipinski definition) is 1. The molecule has 0 radical (unpaired) electrons. The lowest BCUT2D eigenvalue weighted by molar-refractivity contribution is -0.140. The average Bonchev–Trinajstić information content (AvgIpc) is 2.80. The molecule has 12 heteroatoms. The van der Waals surface area contributed by atoms with Crippen LogP contribution < -0.4 is 9.62 Å². The lowest BCUT2D eigenvalue weighted by Crippen LogP contribution is -2.52. The van der Waals surface area contributed by atoms with Gasteiger partial charge in [-0.15, -0.1) is 0 Å². The molecule has 198 valence electrons. The number of anilines is 1. The maximum absolute atomic E-state index is 13.7. The Hall–Kier alpha value is -1.71. The first-order valence-electron chi connectivity index (χ1n) is 11.3. The normalized spacial score (nSPS) is 12.2. The van der Waals surface area contributed by atoms with Crippen LogP contribution in [0.3, 0.4) is 0 Å². The number of nitrogens with one attached hydrogen (secondary N) is 1. The molecular formula is C24H29Cl4N3O4S. The van der Waals surface area contributed by atoms with E-state index in [9.17, 15) is 18.0 Å². The Bertz CT molecular complexity index is 1170. The molecule has 0 heterocycles. The monoisotopic (exact) mass is 595 g/mol. The number of carbonyl (C=O) groups is 2. The van der Waals surface area contributed by atoms with Gasteiger partial charge >= 0.3 is 0 Å². The third-order valence-corrected chi connectivity index (χ3v) is 8.06. The molecule has 2 aromatic rings. The van der Waals surface area contributed by atoms with Gasteiger partial charge in [0, 0.05) is 28.7 Å². The van der Waals surface area contributed by atoms with Gasteiger partial charge in [0.15, 0.2) is 0 Å². The molecule has 0 bridgehead atoms. The molecular weight excluding hydrogens is 568 g/mol. The fraction of sp³-hybridized carbons (Fsp3) is 0.417. The Balaban J connectivity index is 2.48. The van der Waals surface area contributed by atoms with E-state index < -0.39 is 28.5 Å². The van der Waals surface area contributed by atoms with Crippen LogP contribution in [0, 0.1) is 0 Å². The van der Waals surface area contributed by atoms with E-state index in [0.29, 0.717) is 22.2 Å². The van der Waals surface area contributed by atoms with Gasteiger partial charge in [-0.1, -0.05) is 72.7 Å². The number of sulfonamides is 1. The molecule has 0 aliphatic heterocycles. The van der Waals surface area contributed by atoms with Gasteiger partial charge in [0.25, 0.3) is 0 Å². The van der Waals surface area contributed by atoms with Gasteiger partial charge in [0.1, 0.15) is 12.6 Å². The largest absolute Gasteiger partial charge is 0.354 e. The highest BCUT2D eigenvalue weighted by molar-refractivity contribution is 7.92. The number of benzene rings is 2. The van der Waals surface area contributed by atoms with Crippen molar-refractivity contribution in [1.82, 2.24) is 10.2 Å². The molecule has 0 fully saturated rings. The fourth-order valence-corrected chi connectivity index (χ4v) is 5.18. The SMILES string of the molecule is CCCCNC(=O)C(CC)N(Cc1c(Cl)cccc1Cl)C(=O)CN(c1ccc(Cl)c(Cl)c1)S(C)(=O)=O. The van der Waals surface area contributed by atoms with E-state index in [4.69, 9.17) is 46.4 Å². The zero-order chi connectivity index (χ0) is 27.0. The number of halogens is 4. The van der Waals surface area contributed by atoms with E-state index in [1.165, 1.54) is 23.1 Å². The highest BCUT2D eigenvalue weighted by Crippen LogP contribution is 2.30. The lowest BCUT2D eigenvalue weighted by atomic mass is 10.1. The molecule has 36 heavy (non-hydrogen) atoms. The van der Waals surface area contributed by atoms with E-state index in [1.807, 2.05) is 6.92 Å². The number of rotatable bonds is 12. The smallest absolute Gasteiger partial charge is 0.244 e. The number of unbranched alkanes of at least 4 members (excludes halogenated alkanes) is 1. The average molecular weight is 597 g/mol. The third-order valence-electron chi connectivity index (χ3n) is 5.48. The molecule has 0 aliphatic rings. The molecule has 0 aliphatic carbocycles. The molecule has 7 nitrogen and oxygen atoms in total. The van der Waals surface area contributed by atoms with Crippen LogP contribution in [0.5, 0.6) is 0 Å². The van der Waals surface area contributed by atoms with Crippen molar-refractivity contribution < 1.29 is 18.0 Å². The topological polar surface area (TPSA) is 86.8 Å². The molecule has 0 spiro atoms. The first-order chi connectivity index (χ1) is 16.9. The van der Waals surface area contributed by atoms with E-state index in [1.54, 1.807) is 25.1 Å². The quantitative estimate of drug-likeness (QED) is 0.314. The van der Waals surface area contributed by atoms with Gasteiger partial charge < -0.3 is 10.2 Å². The zero-order valence-electron chi connectivity index (χ0n) is 20.2. The minimum absolute atomic E-state index is 0.0873. The second-order valence-electron chi connectivity index (χ2n) is 8.16. The predicted molar refractivity (Wildman–Crippen MR) is 148 cm³/mol. The maximum atomic E-state index is 13.7. The van der Waals surface area contributed by atoms with Crippen LogP contribution in [0.2, 0.25) is 20.1 Å². The molecule has 0 aromatic heterocycles. The van der Waals surface area contributed by atoms with Crippen molar-refractivity contribution in [1.29, 1.82) is 0 Å². The van der Waals surface area contributed by atoms with Gasteiger partial charge in [-0.25, -0.2) is 8.42 Å². The summed E-state index contributed by atoms with van der Waals surface area (Å²) in [7, 11) is -3.90. The van der Waals surface area contributed by atoms with Gasteiger partial charge in [0.05, 0.1) is 22.0 Å². The predicted octanol–water partition coefficient (Wildman–Crippen LogP) is 5.79. The lowest BCUT2D eigenvalue weighted by Gasteiger charge is -2.33. The Labute approximate surface area is 232 Å². The van der Waals surface area contributed by atoms with Crippen molar-refractivity contribution >= 4 is 73.9 Å². The summed E-state index contributed by atoms with van der Waals surface area (Å²) in [5, 5.41) is 3.88. The van der Waals surface area contributed by atoms with Crippen molar-refractivity contribution in [2.45, 2.75) is 45.7 Å². The molecule has 1 N–H and O–H groups in total. The molecule has 1 atom stereocenters. The minimum Gasteiger partial charge on any atom is -0.354 e. The summed E-state index contributed by atoms with van der Waals surface area (Å²) >= 11 is 24.8. The maximum Gasteiger partial charge on any atom is 0.244 e. The summed E-state index contributed by atoms with van der Waals surface area (Å²) in [6.07, 6.45) is 2.94. The highest BCUT2D eigenvalue weighted by Gasteiger charge is 2.32. The molecule has 2 amide bonds. The summed E-state index contributed by atoms with van der Waals surface area (Å²) in [6.45, 7) is 3.57. The van der Waals surface area contributed by atoms with Gasteiger partial charge in [0.2, 0.25) is 21.8 Å². The number of carbonyl (C=O) groups excluding carboxylic acids is 2. The molecule has 0 saturated carbocycles. The van der Waals surface area contributed by atoms with E-state index >= 15 is 0 Å². The Morgan fingerprint density at radius 2 is 1.61 bits per heavy atom. The number of hydrogen-bond acceptors (Lipinski definition) is 4. The van der Waals surface area contributed by atoms with E-state index in [-0.39, 0.29) is 34.6 Å². The van der Waals surface area contributed by atoms with Crippen LogP contribution in [0.25, 0.3) is 0 Å². The van der Waals surface area contributed by atoms with Crippen molar-refractivity contribution in [2.24, 2.45) is 0 Å². The third kappa shape index (κ3) is 8.15. The van der Waals surface area contributed by atoms with Crippen molar-refractivity contribution in [2.75, 3.05) is 23.7 Å². The molecule has 2 rings (SSSR count). The van der Waals surface area contributed by atoms with Crippen LogP contribution in [0.4, 0.5) is 5.69 Å². The van der Waals surface area contributed by atoms with Crippen molar-refractivity contribution in [3.05, 3.63) is 62.1 Å². The highest BCUT2D eigenvalue weighted by atomic mass is 35.5. The van der Waals surface area contributed by atoms with Gasteiger partial charge in [-0.3, -0.25) is 13.9 Å². The number of nitrogens with zero attached hydrogens (tertiary/aromatic N) is 2. The minimum atomic E-state index is -3.90. The molecule has 1 unspecified atom stereocenters. The van der Waals surface area contributed by atoms with Crippen LogP contribution >= 0.6 is 46.4 Å². The standard InChI is InChI=1S/C24H29Cl4N3O4S/c1-4-6-12-29-24(33)22(5-2)30(14-17-18(25)8-7-9-19(17)26)23(32)15-31(36(3,34)35)16-10-11-20(27)21(28)13-16/h7-11,13,22H,4-6,12,14-15H2,1-3H3,(H,29,33). The number of amides is 2. The molecule has 0 saturated heterocycles. The molecule has 2 aromatic carbocycles. The van der Waals surface area contributed by atoms with E-state index in [0.717, 1.165) is 23.4 Å². The second kappa shape index (κ2) is 13.7. The summed E-state index contributed by atoms with van der Waals surface area (Å²) < 4.78 is 26.2. The first-order valence-corrected chi connectivity index (χ1v) is 14.7. The first kappa shape index (κ1) is 30.5. The Morgan fingerprint density at radius 1 is 0.972 bits per heavy atom. The van der Waals surface area contributed by atoms with Crippen LogP contribution in [-0.2, 0) is 26.2 Å². The van der Waals surface area contributed by atoms with Crippen molar-refractivity contribution in [3.8, 4) is 0 Å². The van der Waals surface area contributed by atoms with Crippen LogP contribution in [0.1, 0.15) is 38.7 Å². The second-order valence-corrected chi connectivity index (χ2v) is 11.7. The fourth-order valence-electron chi connectivity index (χ4n) is 3.53. The summed E-state index contributed by atoms with van der Waals surface area (Å²) in [6, 6.07) is 8.31. The summed E-state index contributed by atoms with van der Waals surface area (Å²) in [4.78, 5) is 28.0. The van der Waals surface area contributed by atoms with Crippen molar-refractivity contribution in [3.63, 3.8) is 0 Å². The van der Waals surface area contributed by atoms with Gasteiger partial charge in [-0.05, 0) is 43.2 Å².